The lowest BCUT2D eigenvalue weighted by atomic mass is 9.98. The summed E-state index contributed by atoms with van der Waals surface area (Å²) in [5, 5.41) is 13.7. The zero-order valence-electron chi connectivity index (χ0n) is 23.2. The van der Waals surface area contributed by atoms with E-state index in [1.165, 1.54) is 12.5 Å². The van der Waals surface area contributed by atoms with Crippen LogP contribution >= 0.6 is 11.6 Å². The quantitative estimate of drug-likeness (QED) is 0.229. The van der Waals surface area contributed by atoms with Crippen LogP contribution in [0, 0.1) is 13.8 Å². The number of halogens is 1. The minimum atomic E-state index is -1.04. The largest absolute Gasteiger partial charge is 0.479 e. The molecular weight excluding hydrogens is 512 g/mol. The van der Waals surface area contributed by atoms with Crippen LogP contribution in [0.25, 0.3) is 10.9 Å². The molecule has 0 saturated heterocycles. The van der Waals surface area contributed by atoms with Crippen molar-refractivity contribution in [2.75, 3.05) is 0 Å². The van der Waals surface area contributed by atoms with Crippen molar-refractivity contribution >= 4 is 34.4 Å². The van der Waals surface area contributed by atoms with Crippen molar-refractivity contribution in [1.29, 1.82) is 0 Å². The molecule has 0 bridgehead atoms. The van der Waals surface area contributed by atoms with Gasteiger partial charge in [0.15, 0.2) is 6.10 Å². The molecule has 2 unspecified atom stereocenters. The molecule has 0 spiro atoms. The Morgan fingerprint density at radius 3 is 2.36 bits per heavy atom. The third-order valence-electron chi connectivity index (χ3n) is 7.34. The van der Waals surface area contributed by atoms with Crippen LogP contribution in [0.1, 0.15) is 78.0 Å². The van der Waals surface area contributed by atoms with Crippen molar-refractivity contribution in [2.45, 2.75) is 66.2 Å². The van der Waals surface area contributed by atoms with Gasteiger partial charge < -0.3 is 19.7 Å². The number of nitrogens with one attached hydrogen (secondary N) is 1. The molecule has 0 fully saturated rings. The number of carbonyl (C=O) groups excluding carboxylic acids is 1. The first-order valence-electron chi connectivity index (χ1n) is 13.1. The van der Waals surface area contributed by atoms with Crippen molar-refractivity contribution < 1.29 is 19.4 Å². The van der Waals surface area contributed by atoms with Crippen molar-refractivity contribution in [3.8, 4) is 5.75 Å². The lowest BCUT2D eigenvalue weighted by Crippen LogP contribution is -2.26. The van der Waals surface area contributed by atoms with Crippen LogP contribution in [0.3, 0.4) is 0 Å². The molecule has 204 valence electrons. The maximum atomic E-state index is 13.2. The zero-order chi connectivity index (χ0) is 28.4. The number of benzene rings is 3. The van der Waals surface area contributed by atoms with Crippen molar-refractivity contribution in [3.05, 3.63) is 99.2 Å². The summed E-state index contributed by atoms with van der Waals surface area (Å²) < 4.78 is 7.61. The number of carboxylic acids is 1. The number of hydrogen-bond acceptors (Lipinski definition) is 3. The second-order valence-electron chi connectivity index (χ2n) is 10.4. The molecule has 3 aromatic carbocycles. The smallest absolute Gasteiger partial charge is 0.344 e. The molecule has 7 heteroatoms. The number of rotatable bonds is 9. The first kappa shape index (κ1) is 28.2. The van der Waals surface area contributed by atoms with Crippen molar-refractivity contribution in [2.24, 2.45) is 0 Å². The van der Waals surface area contributed by atoms with E-state index in [0.717, 1.165) is 33.3 Å². The van der Waals surface area contributed by atoms with Crippen molar-refractivity contribution in [3.63, 3.8) is 0 Å². The number of aryl methyl sites for hydroxylation is 1. The van der Waals surface area contributed by atoms with Gasteiger partial charge in [-0.25, -0.2) is 4.79 Å². The summed E-state index contributed by atoms with van der Waals surface area (Å²) in [5.74, 6) is -0.321. The van der Waals surface area contributed by atoms with E-state index in [0.29, 0.717) is 28.8 Å². The van der Waals surface area contributed by atoms with Gasteiger partial charge in [0.25, 0.3) is 5.91 Å². The van der Waals surface area contributed by atoms with E-state index in [9.17, 15) is 9.59 Å². The summed E-state index contributed by atoms with van der Waals surface area (Å²) in [6, 6.07) is 19.2. The molecule has 1 aromatic heterocycles. The monoisotopic (exact) mass is 546 g/mol. The van der Waals surface area contributed by atoms with Gasteiger partial charge in [0.1, 0.15) is 5.75 Å². The summed E-state index contributed by atoms with van der Waals surface area (Å²) in [6.07, 6.45) is -0.968. The number of carboxylic acid groups (broad SMARTS) is 1. The Balaban J connectivity index is 1.56. The minimum absolute atomic E-state index is 0.113. The molecule has 1 heterocycles. The van der Waals surface area contributed by atoms with E-state index >= 15 is 0 Å². The van der Waals surface area contributed by atoms with Gasteiger partial charge in [-0.05, 0) is 86.2 Å². The van der Waals surface area contributed by atoms with Crippen LogP contribution in [0.2, 0.25) is 5.02 Å². The Morgan fingerprint density at radius 2 is 1.69 bits per heavy atom. The third kappa shape index (κ3) is 6.12. The van der Waals surface area contributed by atoms with Crippen LogP contribution in [0.5, 0.6) is 5.75 Å². The molecule has 6 nitrogen and oxygen atoms in total. The van der Waals surface area contributed by atoms with Crippen LogP contribution in [-0.4, -0.2) is 27.7 Å². The summed E-state index contributed by atoms with van der Waals surface area (Å²) in [6.45, 7) is 12.4. The van der Waals surface area contributed by atoms with E-state index in [2.05, 4.69) is 49.7 Å². The Kier molecular flexibility index (Phi) is 8.36. The number of aromatic nitrogens is 1. The fraction of sp³-hybridized carbons (Fsp3) is 0.312. The number of aliphatic carboxylic acids is 1. The molecule has 2 atom stereocenters. The summed E-state index contributed by atoms with van der Waals surface area (Å²) in [7, 11) is 0. The van der Waals surface area contributed by atoms with Crippen LogP contribution < -0.4 is 10.1 Å². The average Bonchev–Trinajstić information content (AvgIpc) is 3.14. The Hall–Kier alpha value is -3.77. The van der Waals surface area contributed by atoms with Gasteiger partial charge in [-0.1, -0.05) is 55.8 Å². The predicted octanol–water partition coefficient (Wildman–Crippen LogP) is 7.43. The number of hydrogen-bond donors (Lipinski definition) is 2. The van der Waals surface area contributed by atoms with Crippen molar-refractivity contribution in [1.82, 2.24) is 9.88 Å². The van der Waals surface area contributed by atoms with Crippen LogP contribution in [0.4, 0.5) is 0 Å². The fourth-order valence-electron chi connectivity index (χ4n) is 4.70. The SMILES string of the molecule is Cc1c(C)n(Cc2ccc(OC(C)C(=O)O)cc2Cl)c2ccc(C(=O)NC(C)c3cccc(C(C)C)c3)cc12. The lowest BCUT2D eigenvalue weighted by Gasteiger charge is -2.17. The van der Waals surface area contributed by atoms with Gasteiger partial charge in [0.05, 0.1) is 6.04 Å². The van der Waals surface area contributed by atoms with E-state index in [1.54, 1.807) is 12.1 Å². The molecule has 0 radical (unpaired) electrons. The van der Waals surface area contributed by atoms with Gasteiger partial charge >= 0.3 is 5.97 Å². The lowest BCUT2D eigenvalue weighted by molar-refractivity contribution is -0.144. The van der Waals surface area contributed by atoms with Crippen LogP contribution in [0.15, 0.2) is 60.7 Å². The standard InChI is InChI=1S/C32H35ClN2O4/c1-18(2)23-8-7-9-24(14-23)20(4)34-31(36)25-11-13-30-28(15-25)19(3)21(5)35(30)17-26-10-12-27(16-29(26)33)39-22(6)32(37)38/h7-16,18,20,22H,17H2,1-6H3,(H,34,36)(H,37,38). The van der Waals surface area contributed by atoms with E-state index in [-0.39, 0.29) is 11.9 Å². The fourth-order valence-corrected chi connectivity index (χ4v) is 4.93. The Bertz CT molecular complexity index is 1540. The third-order valence-corrected chi connectivity index (χ3v) is 7.69. The zero-order valence-corrected chi connectivity index (χ0v) is 24.0. The maximum absolute atomic E-state index is 13.2. The van der Waals surface area contributed by atoms with E-state index in [1.807, 2.05) is 43.3 Å². The number of ether oxygens (including phenoxy) is 1. The normalized spacial score (nSPS) is 12.9. The van der Waals surface area contributed by atoms with Crippen LogP contribution in [-0.2, 0) is 11.3 Å². The number of amides is 1. The number of fused-ring (bicyclic) bond motifs is 1. The van der Waals surface area contributed by atoms with Gasteiger partial charge in [-0.3, -0.25) is 4.79 Å². The summed E-state index contributed by atoms with van der Waals surface area (Å²) in [4.78, 5) is 24.3. The topological polar surface area (TPSA) is 80.6 Å². The highest BCUT2D eigenvalue weighted by Crippen LogP contribution is 2.30. The van der Waals surface area contributed by atoms with Gasteiger partial charge in [-0.2, -0.15) is 0 Å². The van der Waals surface area contributed by atoms with Gasteiger partial charge in [-0.15, -0.1) is 0 Å². The molecule has 4 aromatic rings. The second-order valence-corrected chi connectivity index (χ2v) is 10.8. The first-order valence-corrected chi connectivity index (χ1v) is 13.5. The molecule has 1 amide bonds. The highest BCUT2D eigenvalue weighted by molar-refractivity contribution is 6.31. The molecule has 0 aliphatic heterocycles. The minimum Gasteiger partial charge on any atom is -0.479 e. The maximum Gasteiger partial charge on any atom is 0.344 e. The number of carbonyl (C=O) groups is 2. The number of nitrogens with zero attached hydrogens (tertiary/aromatic N) is 1. The predicted molar refractivity (Wildman–Crippen MR) is 156 cm³/mol. The molecule has 2 N–H and O–H groups in total. The van der Waals surface area contributed by atoms with Gasteiger partial charge in [0, 0.05) is 33.7 Å². The highest BCUT2D eigenvalue weighted by Gasteiger charge is 2.18. The molecule has 0 saturated carbocycles. The van der Waals surface area contributed by atoms with Gasteiger partial charge in [0.2, 0.25) is 0 Å². The first-order chi connectivity index (χ1) is 18.5. The molecular formula is C32H35ClN2O4. The highest BCUT2D eigenvalue weighted by atomic mass is 35.5. The van der Waals surface area contributed by atoms with E-state index < -0.39 is 12.1 Å². The molecule has 4 rings (SSSR count). The molecule has 39 heavy (non-hydrogen) atoms. The Labute approximate surface area is 234 Å². The summed E-state index contributed by atoms with van der Waals surface area (Å²) >= 11 is 6.55. The summed E-state index contributed by atoms with van der Waals surface area (Å²) in [5.41, 5.74) is 7.02. The average molecular weight is 547 g/mol. The Morgan fingerprint density at radius 1 is 0.974 bits per heavy atom. The molecule has 0 aliphatic rings. The molecule has 0 aliphatic carbocycles. The van der Waals surface area contributed by atoms with E-state index in [4.69, 9.17) is 21.4 Å². The second kappa shape index (κ2) is 11.5.